The van der Waals surface area contributed by atoms with Gasteiger partial charge in [0.25, 0.3) is 5.91 Å². The molecule has 8 nitrogen and oxygen atoms in total. The van der Waals surface area contributed by atoms with E-state index in [1.165, 1.54) is 55.8 Å². The van der Waals surface area contributed by atoms with Gasteiger partial charge in [0.05, 0.1) is 7.11 Å². The number of nitrogens with zero attached hydrogens (tertiary/aromatic N) is 1. The molecule has 0 radical (unpaired) electrons. The van der Waals surface area contributed by atoms with Crippen LogP contribution >= 0.6 is 0 Å². The second kappa shape index (κ2) is 10.4. The fourth-order valence-corrected chi connectivity index (χ4v) is 4.37. The number of halogens is 1. The maximum absolute atomic E-state index is 13.0. The Bertz CT molecular complexity index is 1230. The smallest absolute Gasteiger partial charge is 0.251 e. The lowest BCUT2D eigenvalue weighted by Crippen LogP contribution is -2.31. The van der Waals surface area contributed by atoms with E-state index >= 15 is 0 Å². The number of sulfonamides is 1. The molecule has 0 spiro atoms. The first-order chi connectivity index (χ1) is 15.7. The molecule has 2 N–H and O–H groups in total. The second-order valence-corrected chi connectivity index (χ2v) is 9.07. The zero-order valence-electron chi connectivity index (χ0n) is 18.3. The summed E-state index contributed by atoms with van der Waals surface area (Å²) in [4.78, 5) is 16.7. The Morgan fingerprint density at radius 2 is 1.82 bits per heavy atom. The maximum Gasteiger partial charge on any atom is 0.251 e. The van der Waals surface area contributed by atoms with Crippen LogP contribution in [0.25, 0.3) is 0 Å². The Hall–Kier alpha value is -3.50. The van der Waals surface area contributed by atoms with E-state index in [2.05, 4.69) is 15.0 Å². The molecule has 0 atom stereocenters. The molecule has 33 heavy (non-hydrogen) atoms. The van der Waals surface area contributed by atoms with Crippen LogP contribution in [0.4, 0.5) is 4.39 Å². The van der Waals surface area contributed by atoms with Gasteiger partial charge in [0.1, 0.15) is 22.2 Å². The van der Waals surface area contributed by atoms with Gasteiger partial charge in [-0.25, -0.2) is 22.5 Å². The van der Waals surface area contributed by atoms with Crippen LogP contribution in [0.3, 0.4) is 0 Å². The van der Waals surface area contributed by atoms with Gasteiger partial charge in [-0.05, 0) is 67.9 Å². The van der Waals surface area contributed by atoms with Crippen LogP contribution in [0.1, 0.15) is 29.8 Å². The van der Waals surface area contributed by atoms with Gasteiger partial charge in [-0.1, -0.05) is 0 Å². The van der Waals surface area contributed by atoms with Crippen molar-refractivity contribution in [3.63, 3.8) is 0 Å². The van der Waals surface area contributed by atoms with Gasteiger partial charge in [-0.3, -0.25) is 4.79 Å². The quantitative estimate of drug-likeness (QED) is 0.492. The average Bonchev–Trinajstić information content (AvgIpc) is 2.78. The van der Waals surface area contributed by atoms with Crippen molar-refractivity contribution in [1.29, 1.82) is 0 Å². The Kier molecular flexibility index (Phi) is 7.62. The molecule has 10 heteroatoms. The summed E-state index contributed by atoms with van der Waals surface area (Å²) in [7, 11) is -2.51. The standard InChI is InChI=1S/C23H24FN3O5S/c1-15(2)27-33(29,30)21-13-17(4-9-20(21)31-3)23(28)26-14-16-10-11-25-22(12-16)32-19-7-5-18(24)6-8-19/h4-13,15,27H,14H2,1-3H3,(H,26,28). The van der Waals surface area contributed by atoms with Crippen molar-refractivity contribution in [2.24, 2.45) is 0 Å². The predicted octanol–water partition coefficient (Wildman–Crippen LogP) is 3.64. The van der Waals surface area contributed by atoms with Crippen molar-refractivity contribution >= 4 is 15.9 Å². The summed E-state index contributed by atoms with van der Waals surface area (Å²) in [5.41, 5.74) is 0.870. The third-order valence-corrected chi connectivity index (χ3v) is 6.07. The molecule has 1 aromatic heterocycles. The summed E-state index contributed by atoms with van der Waals surface area (Å²) >= 11 is 0. The molecular weight excluding hydrogens is 449 g/mol. The van der Waals surface area contributed by atoms with Crippen molar-refractivity contribution in [2.45, 2.75) is 31.3 Å². The van der Waals surface area contributed by atoms with E-state index in [1.54, 1.807) is 26.0 Å². The normalized spacial score (nSPS) is 11.3. The Morgan fingerprint density at radius 1 is 1.09 bits per heavy atom. The number of carbonyl (C=O) groups excluding carboxylic acids is 1. The first-order valence-electron chi connectivity index (χ1n) is 10.0. The maximum atomic E-state index is 13.0. The molecule has 3 aromatic rings. The first kappa shape index (κ1) is 24.1. The zero-order chi connectivity index (χ0) is 24.0. The SMILES string of the molecule is COc1ccc(C(=O)NCc2ccnc(Oc3ccc(F)cc3)c2)cc1S(=O)(=O)NC(C)C. The molecule has 0 aliphatic heterocycles. The third-order valence-electron chi connectivity index (χ3n) is 4.39. The summed E-state index contributed by atoms with van der Waals surface area (Å²) in [6, 6.07) is 12.7. The molecule has 1 amide bonds. The van der Waals surface area contributed by atoms with Crippen LogP contribution in [-0.4, -0.2) is 32.5 Å². The third kappa shape index (κ3) is 6.50. The van der Waals surface area contributed by atoms with Crippen molar-refractivity contribution in [3.8, 4) is 17.4 Å². The van der Waals surface area contributed by atoms with Gasteiger partial charge in [-0.15, -0.1) is 0 Å². The van der Waals surface area contributed by atoms with E-state index in [-0.39, 0.29) is 40.5 Å². The Labute approximate surface area is 191 Å². The highest BCUT2D eigenvalue weighted by Crippen LogP contribution is 2.25. The highest BCUT2D eigenvalue weighted by molar-refractivity contribution is 7.89. The fourth-order valence-electron chi connectivity index (χ4n) is 2.93. The van der Waals surface area contributed by atoms with Crippen LogP contribution in [0, 0.1) is 5.82 Å². The summed E-state index contributed by atoms with van der Waals surface area (Å²) in [5.74, 6) is 0.00661. The van der Waals surface area contributed by atoms with E-state index in [0.29, 0.717) is 11.3 Å². The highest BCUT2D eigenvalue weighted by atomic mass is 32.2. The van der Waals surface area contributed by atoms with Gasteiger partial charge in [0.2, 0.25) is 15.9 Å². The predicted molar refractivity (Wildman–Crippen MR) is 120 cm³/mol. The van der Waals surface area contributed by atoms with Gasteiger partial charge >= 0.3 is 0 Å². The van der Waals surface area contributed by atoms with Crippen LogP contribution in [-0.2, 0) is 16.6 Å². The molecule has 0 aliphatic rings. The number of nitrogens with one attached hydrogen (secondary N) is 2. The number of ether oxygens (including phenoxy) is 2. The highest BCUT2D eigenvalue weighted by Gasteiger charge is 2.22. The number of amides is 1. The lowest BCUT2D eigenvalue weighted by Gasteiger charge is -2.14. The number of carbonyl (C=O) groups is 1. The molecule has 0 bridgehead atoms. The van der Waals surface area contributed by atoms with Gasteiger partial charge in [-0.2, -0.15) is 0 Å². The van der Waals surface area contributed by atoms with Gasteiger partial charge in [0, 0.05) is 30.4 Å². The summed E-state index contributed by atoms with van der Waals surface area (Å²) in [6.07, 6.45) is 1.52. The summed E-state index contributed by atoms with van der Waals surface area (Å²) in [6.45, 7) is 3.55. The van der Waals surface area contributed by atoms with E-state index in [9.17, 15) is 17.6 Å². The molecular formula is C23H24FN3O5S. The first-order valence-corrected chi connectivity index (χ1v) is 11.5. The second-order valence-electron chi connectivity index (χ2n) is 7.38. The largest absolute Gasteiger partial charge is 0.495 e. The van der Waals surface area contributed by atoms with Crippen molar-refractivity contribution in [2.75, 3.05) is 7.11 Å². The van der Waals surface area contributed by atoms with E-state index < -0.39 is 15.9 Å². The molecule has 2 aromatic carbocycles. The minimum absolute atomic E-state index is 0.120. The van der Waals surface area contributed by atoms with Crippen molar-refractivity contribution in [3.05, 3.63) is 77.7 Å². The number of rotatable bonds is 9. The number of aromatic nitrogens is 1. The zero-order valence-corrected chi connectivity index (χ0v) is 19.1. The molecule has 0 saturated heterocycles. The van der Waals surface area contributed by atoms with Crippen LogP contribution in [0.15, 0.2) is 65.7 Å². The molecule has 0 unspecified atom stereocenters. The number of hydrogen-bond acceptors (Lipinski definition) is 6. The molecule has 1 heterocycles. The van der Waals surface area contributed by atoms with Crippen LogP contribution in [0.2, 0.25) is 0 Å². The molecule has 0 saturated carbocycles. The molecule has 174 valence electrons. The molecule has 3 rings (SSSR count). The number of hydrogen-bond donors (Lipinski definition) is 2. The van der Waals surface area contributed by atoms with Crippen molar-refractivity contribution in [1.82, 2.24) is 15.0 Å². The van der Waals surface area contributed by atoms with E-state index in [1.807, 2.05) is 0 Å². The monoisotopic (exact) mass is 473 g/mol. The Morgan fingerprint density at radius 3 is 2.48 bits per heavy atom. The van der Waals surface area contributed by atoms with E-state index in [0.717, 1.165) is 0 Å². The summed E-state index contributed by atoms with van der Waals surface area (Å²) in [5, 5.41) is 2.74. The van der Waals surface area contributed by atoms with Gasteiger partial charge in [0.15, 0.2) is 0 Å². The number of methoxy groups -OCH3 is 1. The minimum Gasteiger partial charge on any atom is -0.495 e. The molecule has 0 fully saturated rings. The number of benzene rings is 2. The lowest BCUT2D eigenvalue weighted by atomic mass is 10.2. The van der Waals surface area contributed by atoms with Crippen LogP contribution < -0.4 is 19.5 Å². The molecule has 0 aliphatic carbocycles. The minimum atomic E-state index is -3.87. The average molecular weight is 474 g/mol. The van der Waals surface area contributed by atoms with Crippen molar-refractivity contribution < 1.29 is 27.1 Å². The fraction of sp³-hybridized carbons (Fsp3) is 0.217. The number of pyridine rings is 1. The lowest BCUT2D eigenvalue weighted by molar-refractivity contribution is 0.0950. The summed E-state index contributed by atoms with van der Waals surface area (Å²) < 4.78 is 51.5. The Balaban J connectivity index is 1.72. The van der Waals surface area contributed by atoms with Crippen LogP contribution in [0.5, 0.6) is 17.4 Å². The van der Waals surface area contributed by atoms with E-state index in [4.69, 9.17) is 9.47 Å². The van der Waals surface area contributed by atoms with Gasteiger partial charge < -0.3 is 14.8 Å². The topological polar surface area (TPSA) is 107 Å².